The quantitative estimate of drug-likeness (QED) is 0.537. The lowest BCUT2D eigenvalue weighted by atomic mass is 9.87. The van der Waals surface area contributed by atoms with E-state index < -0.39 is 30.0 Å². The van der Waals surface area contributed by atoms with Crippen LogP contribution >= 0.6 is 0 Å². The van der Waals surface area contributed by atoms with Gasteiger partial charge in [0.15, 0.2) is 0 Å². The van der Waals surface area contributed by atoms with Crippen LogP contribution < -0.4 is 10.6 Å². The molecule has 162 valence electrons. The summed E-state index contributed by atoms with van der Waals surface area (Å²) in [5.41, 5.74) is -0.480. The Morgan fingerprint density at radius 1 is 1.20 bits per heavy atom. The molecule has 30 heavy (non-hydrogen) atoms. The van der Waals surface area contributed by atoms with Crippen LogP contribution in [0.4, 0.5) is 10.5 Å². The Morgan fingerprint density at radius 3 is 2.50 bits per heavy atom. The number of hydrogen-bond donors (Lipinski definition) is 2. The number of carbonyl (C=O) groups is 4. The van der Waals surface area contributed by atoms with Crippen molar-refractivity contribution in [3.05, 3.63) is 29.8 Å². The van der Waals surface area contributed by atoms with E-state index in [4.69, 9.17) is 4.74 Å². The number of urea groups is 1. The van der Waals surface area contributed by atoms with Gasteiger partial charge in [-0.3, -0.25) is 14.5 Å². The smallest absolute Gasteiger partial charge is 0.339 e. The van der Waals surface area contributed by atoms with Crippen molar-refractivity contribution >= 4 is 29.5 Å². The van der Waals surface area contributed by atoms with Crippen LogP contribution in [-0.4, -0.2) is 72.4 Å². The van der Waals surface area contributed by atoms with Gasteiger partial charge in [0.25, 0.3) is 5.91 Å². The van der Waals surface area contributed by atoms with Gasteiger partial charge in [-0.2, -0.15) is 0 Å². The molecule has 3 rings (SSSR count). The number of amides is 4. The first-order valence-electron chi connectivity index (χ1n) is 10.1. The molecule has 1 spiro atoms. The molecule has 1 aromatic rings. The Morgan fingerprint density at radius 2 is 1.87 bits per heavy atom. The van der Waals surface area contributed by atoms with Gasteiger partial charge in [-0.05, 0) is 30.9 Å². The number of benzene rings is 1. The van der Waals surface area contributed by atoms with Crippen LogP contribution in [0, 0.1) is 5.92 Å². The minimum atomic E-state index is -0.936. The first kappa shape index (κ1) is 21.8. The fraction of sp³-hybridized carbons (Fsp3) is 0.524. The maximum atomic E-state index is 13.0. The van der Waals surface area contributed by atoms with E-state index >= 15 is 0 Å². The average molecular weight is 416 g/mol. The number of nitrogens with one attached hydrogen (secondary N) is 2. The summed E-state index contributed by atoms with van der Waals surface area (Å²) >= 11 is 0. The summed E-state index contributed by atoms with van der Waals surface area (Å²) in [4.78, 5) is 53.1. The molecule has 9 heteroatoms. The standard InChI is InChI=1S/C21H28N4O5/c1-14(2)12-24-10-8-21(9-11-24)19(28)25(20(29)23-21)13-17(26)22-16-7-5-4-6-15(16)18(27)30-3/h4-7,14H,8-13H2,1-3H3,(H,22,26)(H,23,29). The summed E-state index contributed by atoms with van der Waals surface area (Å²) in [5.74, 6) is -0.994. The zero-order valence-electron chi connectivity index (χ0n) is 17.6. The summed E-state index contributed by atoms with van der Waals surface area (Å²) in [6, 6.07) is 5.83. The Bertz CT molecular complexity index is 846. The second kappa shape index (κ2) is 8.83. The molecule has 0 atom stereocenters. The third-order valence-corrected chi connectivity index (χ3v) is 5.49. The maximum Gasteiger partial charge on any atom is 0.339 e. The third-order valence-electron chi connectivity index (χ3n) is 5.49. The number of hydrogen-bond acceptors (Lipinski definition) is 6. The summed E-state index contributed by atoms with van der Waals surface area (Å²) in [6.07, 6.45) is 1.04. The first-order chi connectivity index (χ1) is 14.3. The van der Waals surface area contributed by atoms with Crippen molar-refractivity contribution < 1.29 is 23.9 Å². The molecule has 2 aliphatic heterocycles. The van der Waals surface area contributed by atoms with E-state index in [1.54, 1.807) is 18.2 Å². The number of esters is 1. The summed E-state index contributed by atoms with van der Waals surface area (Å²) in [6.45, 7) is 6.26. The topological polar surface area (TPSA) is 108 Å². The van der Waals surface area contributed by atoms with Gasteiger partial charge in [-0.25, -0.2) is 9.59 Å². The summed E-state index contributed by atoms with van der Waals surface area (Å²) < 4.78 is 4.71. The molecule has 0 saturated carbocycles. The van der Waals surface area contributed by atoms with E-state index in [0.29, 0.717) is 18.8 Å². The second-order valence-electron chi connectivity index (χ2n) is 8.18. The zero-order valence-corrected chi connectivity index (χ0v) is 17.6. The lowest BCUT2D eigenvalue weighted by molar-refractivity contribution is -0.135. The molecule has 0 bridgehead atoms. The van der Waals surface area contributed by atoms with Crippen molar-refractivity contribution in [1.82, 2.24) is 15.1 Å². The van der Waals surface area contributed by atoms with Crippen LogP contribution in [0.25, 0.3) is 0 Å². The fourth-order valence-electron chi connectivity index (χ4n) is 4.01. The molecular weight excluding hydrogens is 388 g/mol. The number of piperidine rings is 1. The van der Waals surface area contributed by atoms with Gasteiger partial charge in [0.2, 0.25) is 5.91 Å². The number of ether oxygens (including phenoxy) is 1. The maximum absolute atomic E-state index is 13.0. The molecule has 0 radical (unpaired) electrons. The Labute approximate surface area is 175 Å². The molecule has 1 aromatic carbocycles. The van der Waals surface area contributed by atoms with Crippen molar-refractivity contribution in [3.63, 3.8) is 0 Å². The van der Waals surface area contributed by atoms with Crippen molar-refractivity contribution in [1.29, 1.82) is 0 Å². The highest BCUT2D eigenvalue weighted by Gasteiger charge is 2.52. The number of para-hydroxylation sites is 1. The van der Waals surface area contributed by atoms with Gasteiger partial charge in [-0.15, -0.1) is 0 Å². The van der Waals surface area contributed by atoms with Crippen LogP contribution in [0.15, 0.2) is 24.3 Å². The molecule has 2 saturated heterocycles. The van der Waals surface area contributed by atoms with Gasteiger partial charge in [0.05, 0.1) is 18.4 Å². The minimum absolute atomic E-state index is 0.194. The lowest BCUT2D eigenvalue weighted by Gasteiger charge is -2.37. The van der Waals surface area contributed by atoms with E-state index in [9.17, 15) is 19.2 Å². The molecule has 2 fully saturated rings. The summed E-state index contributed by atoms with van der Waals surface area (Å²) in [7, 11) is 1.25. The van der Waals surface area contributed by atoms with Crippen molar-refractivity contribution in [2.45, 2.75) is 32.2 Å². The number of likely N-dealkylation sites (tertiary alicyclic amines) is 1. The zero-order chi connectivity index (χ0) is 21.9. The van der Waals surface area contributed by atoms with Gasteiger partial charge >= 0.3 is 12.0 Å². The number of carbonyl (C=O) groups excluding carboxylic acids is 4. The fourth-order valence-corrected chi connectivity index (χ4v) is 4.01. The number of nitrogens with zero attached hydrogens (tertiary/aromatic N) is 2. The van der Waals surface area contributed by atoms with Gasteiger partial charge in [-0.1, -0.05) is 26.0 Å². The molecule has 4 amide bonds. The van der Waals surface area contributed by atoms with Crippen LogP contribution in [0.2, 0.25) is 0 Å². The Balaban J connectivity index is 1.64. The molecule has 0 aromatic heterocycles. The van der Waals surface area contributed by atoms with E-state index in [1.807, 2.05) is 0 Å². The van der Waals surface area contributed by atoms with Crippen molar-refractivity contribution in [2.24, 2.45) is 5.92 Å². The average Bonchev–Trinajstić information content (AvgIpc) is 2.93. The van der Waals surface area contributed by atoms with Gasteiger partial charge in [0, 0.05) is 19.6 Å². The molecule has 2 aliphatic rings. The first-order valence-corrected chi connectivity index (χ1v) is 10.1. The Kier molecular flexibility index (Phi) is 6.40. The number of anilines is 1. The highest BCUT2D eigenvalue weighted by Crippen LogP contribution is 2.30. The lowest BCUT2D eigenvalue weighted by Crippen LogP contribution is -2.55. The Hall–Kier alpha value is -2.94. The molecule has 2 heterocycles. The van der Waals surface area contributed by atoms with Gasteiger partial charge in [0.1, 0.15) is 12.1 Å². The third kappa shape index (κ3) is 4.46. The van der Waals surface area contributed by atoms with Crippen LogP contribution in [-0.2, 0) is 14.3 Å². The number of imide groups is 1. The van der Waals surface area contributed by atoms with E-state index in [-0.39, 0.29) is 17.2 Å². The number of methoxy groups -OCH3 is 1. The molecule has 2 N–H and O–H groups in total. The van der Waals surface area contributed by atoms with Crippen LogP contribution in [0.5, 0.6) is 0 Å². The highest BCUT2D eigenvalue weighted by atomic mass is 16.5. The highest BCUT2D eigenvalue weighted by molar-refractivity contribution is 6.10. The molecule has 0 aliphatic carbocycles. The van der Waals surface area contributed by atoms with Crippen LogP contribution in [0.1, 0.15) is 37.0 Å². The molecule has 0 unspecified atom stereocenters. The largest absolute Gasteiger partial charge is 0.465 e. The minimum Gasteiger partial charge on any atom is -0.465 e. The molecular formula is C21H28N4O5. The predicted octanol–water partition coefficient (Wildman–Crippen LogP) is 1.45. The van der Waals surface area contributed by atoms with Crippen LogP contribution in [0.3, 0.4) is 0 Å². The summed E-state index contributed by atoms with van der Waals surface area (Å²) in [5, 5.41) is 5.40. The second-order valence-corrected chi connectivity index (χ2v) is 8.18. The van der Waals surface area contributed by atoms with E-state index in [2.05, 4.69) is 29.4 Å². The molecule has 9 nitrogen and oxygen atoms in total. The normalized spacial score (nSPS) is 18.6. The SMILES string of the molecule is COC(=O)c1ccccc1NC(=O)CN1C(=O)NC2(CCN(CC(C)C)CC2)C1=O. The van der Waals surface area contributed by atoms with Gasteiger partial charge < -0.3 is 20.3 Å². The number of rotatable bonds is 6. The van der Waals surface area contributed by atoms with Crippen molar-refractivity contribution in [3.8, 4) is 0 Å². The predicted molar refractivity (Wildman–Crippen MR) is 110 cm³/mol. The van der Waals surface area contributed by atoms with E-state index in [0.717, 1.165) is 24.5 Å². The van der Waals surface area contributed by atoms with Crippen molar-refractivity contribution in [2.75, 3.05) is 38.6 Å². The van der Waals surface area contributed by atoms with E-state index in [1.165, 1.54) is 13.2 Å². The monoisotopic (exact) mass is 416 g/mol.